The van der Waals surface area contributed by atoms with Crippen molar-refractivity contribution in [2.45, 2.75) is 27.2 Å². The SMILES string of the molecule is CCCNC(=O)C1CN(c2cc(-n3nc(C)cc3C)ncn2)C1. The standard InChI is InChI=1S/C16H22N6O/c1-4-5-17-16(23)13-8-21(9-13)14-7-15(19-10-18-14)22-12(3)6-11(2)20-22/h6-7,10,13H,4-5,8-9H2,1-3H3,(H,17,23). The molecule has 0 saturated carbocycles. The molecule has 0 spiro atoms. The number of hydrogen-bond donors (Lipinski definition) is 1. The van der Waals surface area contributed by atoms with Crippen molar-refractivity contribution in [1.29, 1.82) is 0 Å². The molecule has 3 heterocycles. The summed E-state index contributed by atoms with van der Waals surface area (Å²) >= 11 is 0. The topological polar surface area (TPSA) is 75.9 Å². The fraction of sp³-hybridized carbons (Fsp3) is 0.500. The van der Waals surface area contributed by atoms with Gasteiger partial charge in [0.1, 0.15) is 12.1 Å². The predicted molar refractivity (Wildman–Crippen MR) is 87.6 cm³/mol. The third-order valence-electron chi connectivity index (χ3n) is 3.99. The molecule has 1 aliphatic rings. The molecule has 0 bridgehead atoms. The van der Waals surface area contributed by atoms with Crippen LogP contribution in [0.15, 0.2) is 18.5 Å². The molecule has 7 heteroatoms. The van der Waals surface area contributed by atoms with Gasteiger partial charge in [-0.05, 0) is 26.3 Å². The van der Waals surface area contributed by atoms with Crippen molar-refractivity contribution < 1.29 is 4.79 Å². The van der Waals surface area contributed by atoms with E-state index in [4.69, 9.17) is 0 Å². The van der Waals surface area contributed by atoms with Crippen molar-refractivity contribution in [3.8, 4) is 5.82 Å². The van der Waals surface area contributed by atoms with E-state index in [1.165, 1.54) is 0 Å². The number of nitrogens with zero attached hydrogens (tertiary/aromatic N) is 5. The molecule has 7 nitrogen and oxygen atoms in total. The van der Waals surface area contributed by atoms with Crippen LogP contribution in [0.25, 0.3) is 5.82 Å². The highest BCUT2D eigenvalue weighted by Gasteiger charge is 2.33. The summed E-state index contributed by atoms with van der Waals surface area (Å²) in [5.41, 5.74) is 1.99. The van der Waals surface area contributed by atoms with Crippen molar-refractivity contribution in [3.05, 3.63) is 29.8 Å². The van der Waals surface area contributed by atoms with Gasteiger partial charge in [0.15, 0.2) is 5.82 Å². The molecule has 0 atom stereocenters. The van der Waals surface area contributed by atoms with Gasteiger partial charge in [0.25, 0.3) is 0 Å². The average molecular weight is 314 g/mol. The van der Waals surface area contributed by atoms with Gasteiger partial charge in [0.2, 0.25) is 5.91 Å². The van der Waals surface area contributed by atoms with E-state index in [1.54, 1.807) is 6.33 Å². The first-order valence-electron chi connectivity index (χ1n) is 7.97. The van der Waals surface area contributed by atoms with Crippen LogP contribution in [0, 0.1) is 19.8 Å². The van der Waals surface area contributed by atoms with Crippen LogP contribution < -0.4 is 10.2 Å². The smallest absolute Gasteiger partial charge is 0.226 e. The molecule has 2 aromatic rings. The van der Waals surface area contributed by atoms with Gasteiger partial charge in [-0.15, -0.1) is 0 Å². The number of aryl methyl sites for hydroxylation is 2. The van der Waals surface area contributed by atoms with Gasteiger partial charge in [0, 0.05) is 31.4 Å². The van der Waals surface area contributed by atoms with Crippen molar-refractivity contribution >= 4 is 11.7 Å². The number of aromatic nitrogens is 4. The van der Waals surface area contributed by atoms with Gasteiger partial charge in [-0.25, -0.2) is 14.6 Å². The van der Waals surface area contributed by atoms with E-state index in [2.05, 4.69) is 32.2 Å². The molecule has 3 rings (SSSR count). The van der Waals surface area contributed by atoms with Crippen LogP contribution >= 0.6 is 0 Å². The second kappa shape index (κ2) is 6.36. The summed E-state index contributed by atoms with van der Waals surface area (Å²) in [6.07, 6.45) is 2.51. The van der Waals surface area contributed by atoms with Gasteiger partial charge in [-0.2, -0.15) is 5.10 Å². The maximum Gasteiger partial charge on any atom is 0.226 e. The Hall–Kier alpha value is -2.44. The summed E-state index contributed by atoms with van der Waals surface area (Å²) in [4.78, 5) is 22.6. The van der Waals surface area contributed by atoms with E-state index in [-0.39, 0.29) is 11.8 Å². The predicted octanol–water partition coefficient (Wildman–Crippen LogP) is 1.24. The monoisotopic (exact) mass is 314 g/mol. The molecule has 1 fully saturated rings. The Balaban J connectivity index is 1.68. The Kier molecular flexibility index (Phi) is 4.27. The molecular weight excluding hydrogens is 292 g/mol. The van der Waals surface area contributed by atoms with E-state index >= 15 is 0 Å². The van der Waals surface area contributed by atoms with E-state index < -0.39 is 0 Å². The lowest BCUT2D eigenvalue weighted by atomic mass is 9.99. The minimum Gasteiger partial charge on any atom is -0.356 e. The van der Waals surface area contributed by atoms with Gasteiger partial charge in [-0.1, -0.05) is 6.92 Å². The minimum absolute atomic E-state index is 0.0497. The molecule has 1 saturated heterocycles. The van der Waals surface area contributed by atoms with Crippen LogP contribution in [-0.4, -0.2) is 45.3 Å². The molecule has 0 aromatic carbocycles. The maximum absolute atomic E-state index is 11.9. The molecular formula is C16H22N6O. The van der Waals surface area contributed by atoms with Gasteiger partial charge >= 0.3 is 0 Å². The van der Waals surface area contributed by atoms with Crippen LogP contribution in [0.4, 0.5) is 5.82 Å². The first-order valence-corrected chi connectivity index (χ1v) is 7.97. The first-order chi connectivity index (χ1) is 11.1. The van der Waals surface area contributed by atoms with Gasteiger partial charge in [-0.3, -0.25) is 4.79 Å². The summed E-state index contributed by atoms with van der Waals surface area (Å²) in [7, 11) is 0. The molecule has 1 N–H and O–H groups in total. The lowest BCUT2D eigenvalue weighted by molar-refractivity contribution is -0.125. The number of nitrogens with one attached hydrogen (secondary N) is 1. The van der Waals surface area contributed by atoms with Crippen LogP contribution in [0.2, 0.25) is 0 Å². The summed E-state index contributed by atoms with van der Waals surface area (Å²) in [5, 5.41) is 7.39. The van der Waals surface area contributed by atoms with E-state index in [0.29, 0.717) is 13.1 Å². The van der Waals surface area contributed by atoms with Crippen molar-refractivity contribution in [1.82, 2.24) is 25.1 Å². The fourth-order valence-corrected chi connectivity index (χ4v) is 2.71. The first kappa shape index (κ1) is 15.5. The highest BCUT2D eigenvalue weighted by Crippen LogP contribution is 2.24. The van der Waals surface area contributed by atoms with Crippen LogP contribution in [-0.2, 0) is 4.79 Å². The molecule has 23 heavy (non-hydrogen) atoms. The number of carbonyl (C=O) groups excluding carboxylic acids is 1. The Labute approximate surface area is 135 Å². The van der Waals surface area contributed by atoms with Crippen LogP contribution in [0.1, 0.15) is 24.7 Å². The third kappa shape index (κ3) is 3.18. The molecule has 122 valence electrons. The molecule has 1 aliphatic heterocycles. The molecule has 0 radical (unpaired) electrons. The Morgan fingerprint density at radius 1 is 1.26 bits per heavy atom. The third-order valence-corrected chi connectivity index (χ3v) is 3.99. The van der Waals surface area contributed by atoms with Crippen molar-refractivity contribution in [2.75, 3.05) is 24.5 Å². The normalized spacial score (nSPS) is 14.7. The number of carbonyl (C=O) groups is 1. The Morgan fingerprint density at radius 2 is 2.00 bits per heavy atom. The Morgan fingerprint density at radius 3 is 2.65 bits per heavy atom. The molecule has 2 aromatic heterocycles. The van der Waals surface area contributed by atoms with Crippen molar-refractivity contribution in [2.24, 2.45) is 5.92 Å². The largest absolute Gasteiger partial charge is 0.356 e. The van der Waals surface area contributed by atoms with Crippen molar-refractivity contribution in [3.63, 3.8) is 0 Å². The summed E-state index contributed by atoms with van der Waals surface area (Å²) in [5.74, 6) is 1.77. The summed E-state index contributed by atoms with van der Waals surface area (Å²) < 4.78 is 1.81. The Bertz CT molecular complexity index is 704. The highest BCUT2D eigenvalue weighted by molar-refractivity contribution is 5.81. The van der Waals surface area contributed by atoms with E-state index in [0.717, 1.165) is 36.0 Å². The molecule has 1 amide bonds. The number of hydrogen-bond acceptors (Lipinski definition) is 5. The second-order valence-electron chi connectivity index (χ2n) is 5.97. The fourth-order valence-electron chi connectivity index (χ4n) is 2.71. The zero-order valence-corrected chi connectivity index (χ0v) is 13.8. The summed E-state index contributed by atoms with van der Waals surface area (Å²) in [6.45, 7) is 8.14. The zero-order chi connectivity index (χ0) is 16.4. The molecule has 0 aliphatic carbocycles. The number of amides is 1. The van der Waals surface area contributed by atoms with Crippen LogP contribution in [0.5, 0.6) is 0 Å². The zero-order valence-electron chi connectivity index (χ0n) is 13.8. The number of rotatable bonds is 5. The van der Waals surface area contributed by atoms with Crippen LogP contribution in [0.3, 0.4) is 0 Å². The quantitative estimate of drug-likeness (QED) is 0.898. The van der Waals surface area contributed by atoms with E-state index in [1.807, 2.05) is 30.7 Å². The van der Waals surface area contributed by atoms with E-state index in [9.17, 15) is 4.79 Å². The molecule has 0 unspecified atom stereocenters. The maximum atomic E-state index is 11.9. The lowest BCUT2D eigenvalue weighted by Gasteiger charge is -2.39. The highest BCUT2D eigenvalue weighted by atomic mass is 16.2. The number of anilines is 1. The van der Waals surface area contributed by atoms with Gasteiger partial charge < -0.3 is 10.2 Å². The average Bonchev–Trinajstić information content (AvgIpc) is 2.82. The second-order valence-corrected chi connectivity index (χ2v) is 5.97. The summed E-state index contributed by atoms with van der Waals surface area (Å²) in [6, 6.07) is 3.93. The van der Waals surface area contributed by atoms with Gasteiger partial charge in [0.05, 0.1) is 11.6 Å². The minimum atomic E-state index is 0.0497. The lowest BCUT2D eigenvalue weighted by Crippen LogP contribution is -2.54.